The zero-order valence-corrected chi connectivity index (χ0v) is 8.83. The standard InChI is InChI=1S/C11H20N2O/c1-7(13-11(14)6-12)10-5-8-2-3-9(10)4-8/h7-10H,2-6,12H2,1H3,(H,13,14)/t7?,8-,9+,10?/m1/s1. The molecule has 0 spiro atoms. The second-order valence-electron chi connectivity index (χ2n) is 4.90. The third-order valence-corrected chi connectivity index (χ3v) is 4.01. The van der Waals surface area contributed by atoms with E-state index in [1.807, 2.05) is 0 Å². The highest BCUT2D eigenvalue weighted by molar-refractivity contribution is 5.78. The van der Waals surface area contributed by atoms with E-state index in [9.17, 15) is 4.79 Å². The SMILES string of the molecule is CC(NC(=O)CN)C1C[C@@H]2CC[C@H]1C2. The van der Waals surface area contributed by atoms with Crippen molar-refractivity contribution >= 4 is 5.91 Å². The number of carbonyl (C=O) groups excluding carboxylic acids is 1. The largest absolute Gasteiger partial charge is 0.352 e. The van der Waals surface area contributed by atoms with Crippen LogP contribution in [0, 0.1) is 17.8 Å². The molecule has 2 fully saturated rings. The molecule has 0 aromatic carbocycles. The van der Waals surface area contributed by atoms with Crippen LogP contribution in [0.1, 0.15) is 32.6 Å². The van der Waals surface area contributed by atoms with E-state index in [2.05, 4.69) is 12.2 Å². The topological polar surface area (TPSA) is 55.1 Å². The molecule has 0 aliphatic heterocycles. The highest BCUT2D eigenvalue weighted by Gasteiger charge is 2.41. The van der Waals surface area contributed by atoms with E-state index >= 15 is 0 Å². The highest BCUT2D eigenvalue weighted by Crippen LogP contribution is 2.49. The number of fused-ring (bicyclic) bond motifs is 2. The van der Waals surface area contributed by atoms with E-state index in [4.69, 9.17) is 5.73 Å². The molecule has 0 radical (unpaired) electrons. The Morgan fingerprint density at radius 2 is 2.29 bits per heavy atom. The van der Waals surface area contributed by atoms with E-state index in [1.165, 1.54) is 25.7 Å². The molecular formula is C11H20N2O. The molecule has 80 valence electrons. The number of hydrogen-bond acceptors (Lipinski definition) is 2. The Morgan fingerprint density at radius 1 is 1.50 bits per heavy atom. The van der Waals surface area contributed by atoms with Crippen molar-refractivity contribution < 1.29 is 4.79 Å². The average Bonchev–Trinajstić information content (AvgIpc) is 2.78. The summed E-state index contributed by atoms with van der Waals surface area (Å²) in [5, 5.41) is 2.99. The fourth-order valence-electron chi connectivity index (χ4n) is 3.33. The molecule has 2 saturated carbocycles. The fraction of sp³-hybridized carbons (Fsp3) is 0.909. The van der Waals surface area contributed by atoms with Crippen LogP contribution in [0.3, 0.4) is 0 Å². The van der Waals surface area contributed by atoms with Gasteiger partial charge in [0.25, 0.3) is 0 Å². The Balaban J connectivity index is 1.86. The van der Waals surface area contributed by atoms with E-state index in [0.29, 0.717) is 12.0 Å². The summed E-state index contributed by atoms with van der Waals surface area (Å²) < 4.78 is 0. The maximum Gasteiger partial charge on any atom is 0.233 e. The quantitative estimate of drug-likeness (QED) is 0.704. The van der Waals surface area contributed by atoms with Gasteiger partial charge >= 0.3 is 0 Å². The van der Waals surface area contributed by atoms with Gasteiger partial charge in [-0.1, -0.05) is 6.42 Å². The van der Waals surface area contributed by atoms with E-state index in [0.717, 1.165) is 11.8 Å². The minimum absolute atomic E-state index is 0.0136. The van der Waals surface area contributed by atoms with E-state index in [-0.39, 0.29) is 12.5 Å². The Kier molecular flexibility index (Phi) is 2.77. The molecule has 4 atom stereocenters. The molecule has 3 heteroatoms. The molecule has 3 N–H and O–H groups in total. The molecule has 2 rings (SSSR count). The monoisotopic (exact) mass is 196 g/mol. The third kappa shape index (κ3) is 1.78. The molecule has 0 saturated heterocycles. The van der Waals surface area contributed by atoms with Crippen LogP contribution in [-0.2, 0) is 4.79 Å². The molecule has 0 aromatic rings. The summed E-state index contributed by atoms with van der Waals surface area (Å²) in [4.78, 5) is 11.1. The van der Waals surface area contributed by atoms with Crippen LogP contribution >= 0.6 is 0 Å². The lowest BCUT2D eigenvalue weighted by Gasteiger charge is -2.28. The van der Waals surface area contributed by atoms with Crippen LogP contribution in [0.5, 0.6) is 0 Å². The summed E-state index contributed by atoms with van der Waals surface area (Å²) in [5.74, 6) is 2.51. The van der Waals surface area contributed by atoms with Gasteiger partial charge in [0.15, 0.2) is 0 Å². The van der Waals surface area contributed by atoms with E-state index < -0.39 is 0 Å². The van der Waals surface area contributed by atoms with Crippen molar-refractivity contribution in [3.8, 4) is 0 Å². The zero-order chi connectivity index (χ0) is 10.1. The van der Waals surface area contributed by atoms with Gasteiger partial charge in [0.05, 0.1) is 6.54 Å². The minimum Gasteiger partial charge on any atom is -0.352 e. The minimum atomic E-state index is -0.0136. The van der Waals surface area contributed by atoms with E-state index in [1.54, 1.807) is 0 Å². The second-order valence-corrected chi connectivity index (χ2v) is 4.90. The van der Waals surface area contributed by atoms with Crippen molar-refractivity contribution in [3.05, 3.63) is 0 Å². The van der Waals surface area contributed by atoms with Gasteiger partial charge in [-0.15, -0.1) is 0 Å². The Bertz CT molecular complexity index is 229. The summed E-state index contributed by atoms with van der Waals surface area (Å²) in [7, 11) is 0. The van der Waals surface area contributed by atoms with Crippen molar-refractivity contribution in [2.45, 2.75) is 38.6 Å². The summed E-state index contributed by atoms with van der Waals surface area (Å²) >= 11 is 0. The van der Waals surface area contributed by atoms with Crippen LogP contribution < -0.4 is 11.1 Å². The van der Waals surface area contributed by atoms with Crippen molar-refractivity contribution in [2.24, 2.45) is 23.5 Å². The average molecular weight is 196 g/mol. The molecule has 2 unspecified atom stereocenters. The van der Waals surface area contributed by atoms with Gasteiger partial charge < -0.3 is 11.1 Å². The first kappa shape index (κ1) is 9.97. The number of amides is 1. The molecule has 0 aromatic heterocycles. The summed E-state index contributed by atoms with van der Waals surface area (Å²) in [6.07, 6.45) is 5.50. The van der Waals surface area contributed by atoms with Crippen molar-refractivity contribution in [1.82, 2.24) is 5.32 Å². The predicted octanol–water partition coefficient (Wildman–Crippen LogP) is 0.886. The molecule has 3 nitrogen and oxygen atoms in total. The van der Waals surface area contributed by atoms with Crippen molar-refractivity contribution in [1.29, 1.82) is 0 Å². The van der Waals surface area contributed by atoms with Gasteiger partial charge in [-0.3, -0.25) is 4.79 Å². The Hall–Kier alpha value is -0.570. The number of hydrogen-bond donors (Lipinski definition) is 2. The van der Waals surface area contributed by atoms with Crippen molar-refractivity contribution in [2.75, 3.05) is 6.54 Å². The second kappa shape index (κ2) is 3.89. The lowest BCUT2D eigenvalue weighted by atomic mass is 9.84. The van der Waals surface area contributed by atoms with Crippen LogP contribution in [0.25, 0.3) is 0 Å². The van der Waals surface area contributed by atoms with Crippen LogP contribution in [-0.4, -0.2) is 18.5 Å². The third-order valence-electron chi connectivity index (χ3n) is 4.01. The predicted molar refractivity (Wildman–Crippen MR) is 55.6 cm³/mol. The van der Waals surface area contributed by atoms with Gasteiger partial charge in [0.2, 0.25) is 5.91 Å². The molecule has 2 bridgehead atoms. The first-order valence-electron chi connectivity index (χ1n) is 5.70. The molecule has 2 aliphatic rings. The molecule has 2 aliphatic carbocycles. The van der Waals surface area contributed by atoms with Gasteiger partial charge in [-0.2, -0.15) is 0 Å². The smallest absolute Gasteiger partial charge is 0.233 e. The number of nitrogens with two attached hydrogens (primary N) is 1. The van der Waals surface area contributed by atoms with Crippen LogP contribution in [0.4, 0.5) is 0 Å². The molecule has 1 amide bonds. The maximum absolute atomic E-state index is 11.1. The van der Waals surface area contributed by atoms with Gasteiger partial charge in [0, 0.05) is 6.04 Å². The summed E-state index contributed by atoms with van der Waals surface area (Å²) in [6, 6.07) is 0.321. The molecular weight excluding hydrogens is 176 g/mol. The summed E-state index contributed by atoms with van der Waals surface area (Å²) in [6.45, 7) is 2.24. The normalized spacial score (nSPS) is 37.1. The fourth-order valence-corrected chi connectivity index (χ4v) is 3.33. The first-order chi connectivity index (χ1) is 6.70. The lowest BCUT2D eigenvalue weighted by Crippen LogP contribution is -2.42. The van der Waals surface area contributed by atoms with Gasteiger partial charge in [-0.25, -0.2) is 0 Å². The Morgan fingerprint density at radius 3 is 2.79 bits per heavy atom. The van der Waals surface area contributed by atoms with Gasteiger partial charge in [-0.05, 0) is 43.9 Å². The maximum atomic E-state index is 11.1. The molecule has 14 heavy (non-hydrogen) atoms. The van der Waals surface area contributed by atoms with Crippen molar-refractivity contribution in [3.63, 3.8) is 0 Å². The van der Waals surface area contributed by atoms with Gasteiger partial charge in [0.1, 0.15) is 0 Å². The summed E-state index contributed by atoms with van der Waals surface area (Å²) in [5.41, 5.74) is 5.28. The number of nitrogens with one attached hydrogen (secondary N) is 1. The zero-order valence-electron chi connectivity index (χ0n) is 8.83. The highest BCUT2D eigenvalue weighted by atomic mass is 16.1. The lowest BCUT2D eigenvalue weighted by molar-refractivity contribution is -0.120. The molecule has 0 heterocycles. The number of rotatable bonds is 3. The number of carbonyl (C=O) groups is 1. The van der Waals surface area contributed by atoms with Crippen LogP contribution in [0.2, 0.25) is 0 Å². The van der Waals surface area contributed by atoms with Crippen LogP contribution in [0.15, 0.2) is 0 Å². The Labute approximate surface area is 85.4 Å². The first-order valence-corrected chi connectivity index (χ1v) is 5.70.